The maximum absolute atomic E-state index is 11.3. The summed E-state index contributed by atoms with van der Waals surface area (Å²) in [6.07, 6.45) is 1.75. The maximum atomic E-state index is 11.3. The van der Waals surface area contributed by atoms with E-state index in [1.807, 2.05) is 0 Å². The quantitative estimate of drug-likeness (QED) is 0.362. The largest absolute Gasteiger partial charge is 1.00 e. The SMILES string of the molecule is CC(C)/C(C(=O)O)=C(/C(=O)O)C1CCC(O)CC1.[H-].[H-].[Na+].[Na+]. The van der Waals surface area contributed by atoms with Gasteiger partial charge in [0, 0.05) is 0 Å². The smallest absolute Gasteiger partial charge is 1.00 e. The number of carboxylic acid groups (broad SMARTS) is 2. The summed E-state index contributed by atoms with van der Waals surface area (Å²) in [6.45, 7) is 3.37. The van der Waals surface area contributed by atoms with Crippen molar-refractivity contribution in [2.24, 2.45) is 11.8 Å². The van der Waals surface area contributed by atoms with Crippen molar-refractivity contribution >= 4 is 11.9 Å². The minimum atomic E-state index is -1.16. The Hall–Kier alpha value is 0.640. The Kier molecular flexibility index (Phi) is 11.9. The van der Waals surface area contributed by atoms with Gasteiger partial charge in [-0.2, -0.15) is 0 Å². The fraction of sp³-hybridized carbons (Fsp3) is 0.692. The molecule has 0 unspecified atom stereocenters. The Morgan fingerprint density at radius 1 is 1.00 bits per heavy atom. The van der Waals surface area contributed by atoms with E-state index in [0.29, 0.717) is 25.7 Å². The van der Waals surface area contributed by atoms with E-state index >= 15 is 0 Å². The molecule has 3 N–H and O–H groups in total. The van der Waals surface area contributed by atoms with E-state index in [-0.39, 0.29) is 91.1 Å². The molecule has 1 aliphatic rings. The molecular formula is C13H22Na2O5. The molecule has 1 aliphatic carbocycles. The fourth-order valence-corrected chi connectivity index (χ4v) is 2.55. The Morgan fingerprint density at radius 2 is 1.45 bits per heavy atom. The second-order valence-electron chi connectivity index (χ2n) is 5.10. The van der Waals surface area contributed by atoms with Crippen LogP contribution >= 0.6 is 0 Å². The molecule has 0 spiro atoms. The summed E-state index contributed by atoms with van der Waals surface area (Å²) in [5, 5.41) is 27.9. The van der Waals surface area contributed by atoms with Gasteiger partial charge in [-0.25, -0.2) is 9.59 Å². The molecule has 0 atom stereocenters. The second-order valence-corrected chi connectivity index (χ2v) is 5.10. The van der Waals surface area contributed by atoms with Crippen LogP contribution in [0.4, 0.5) is 0 Å². The summed E-state index contributed by atoms with van der Waals surface area (Å²) >= 11 is 0. The Bertz CT molecular complexity index is 381. The minimum Gasteiger partial charge on any atom is -1.00 e. The van der Waals surface area contributed by atoms with Crippen molar-refractivity contribution in [1.82, 2.24) is 0 Å². The molecule has 0 saturated heterocycles. The molecule has 1 fully saturated rings. The summed E-state index contributed by atoms with van der Waals surface area (Å²) in [4.78, 5) is 22.6. The topological polar surface area (TPSA) is 94.8 Å². The number of carbonyl (C=O) groups is 2. The van der Waals surface area contributed by atoms with Crippen LogP contribution in [0.25, 0.3) is 0 Å². The first kappa shape index (κ1) is 22.9. The number of carboxylic acids is 2. The van der Waals surface area contributed by atoms with Gasteiger partial charge in [0.2, 0.25) is 0 Å². The molecule has 1 rings (SSSR count). The van der Waals surface area contributed by atoms with E-state index in [9.17, 15) is 24.9 Å². The monoisotopic (exact) mass is 304 g/mol. The van der Waals surface area contributed by atoms with Crippen molar-refractivity contribution in [2.45, 2.75) is 45.6 Å². The summed E-state index contributed by atoms with van der Waals surface area (Å²) in [7, 11) is 0. The Balaban J connectivity index is -0.000000405. The molecule has 106 valence electrons. The van der Waals surface area contributed by atoms with E-state index in [2.05, 4.69) is 0 Å². The zero-order valence-electron chi connectivity index (χ0n) is 14.7. The van der Waals surface area contributed by atoms with Crippen molar-refractivity contribution < 1.29 is 86.9 Å². The number of hydrogen-bond donors (Lipinski definition) is 3. The van der Waals surface area contributed by atoms with E-state index in [4.69, 9.17) is 0 Å². The zero-order chi connectivity index (χ0) is 13.9. The van der Waals surface area contributed by atoms with E-state index in [1.54, 1.807) is 13.8 Å². The van der Waals surface area contributed by atoms with Crippen molar-refractivity contribution in [1.29, 1.82) is 0 Å². The van der Waals surface area contributed by atoms with Crippen molar-refractivity contribution in [3.63, 3.8) is 0 Å². The van der Waals surface area contributed by atoms with Crippen LogP contribution in [0.3, 0.4) is 0 Å². The standard InChI is InChI=1S/C13H20O5.2Na.2H/c1-7(2)10(12(15)16)11(13(17)18)8-3-5-9(14)6-4-8;;;;/h7-9,14H,3-6H2,1-2H3,(H,15,16)(H,17,18);;;;/q;2*+1;2*-1/b11-10-;;;;. The first-order chi connectivity index (χ1) is 8.34. The predicted molar refractivity (Wildman–Crippen MR) is 67.3 cm³/mol. The van der Waals surface area contributed by atoms with Gasteiger partial charge in [0.05, 0.1) is 17.3 Å². The van der Waals surface area contributed by atoms with E-state index in [1.165, 1.54) is 0 Å². The third-order valence-electron chi connectivity index (χ3n) is 3.43. The Labute approximate surface area is 166 Å². The summed E-state index contributed by atoms with van der Waals surface area (Å²) < 4.78 is 0. The van der Waals surface area contributed by atoms with Crippen LogP contribution in [0, 0.1) is 11.8 Å². The second kappa shape index (κ2) is 10.4. The first-order valence-corrected chi connectivity index (χ1v) is 6.23. The fourth-order valence-electron chi connectivity index (χ4n) is 2.55. The van der Waals surface area contributed by atoms with E-state index < -0.39 is 11.9 Å². The van der Waals surface area contributed by atoms with Crippen LogP contribution in [0.1, 0.15) is 42.4 Å². The van der Waals surface area contributed by atoms with Crippen LogP contribution in [0.15, 0.2) is 11.1 Å². The number of aliphatic hydroxyl groups is 1. The molecule has 0 amide bonds. The maximum Gasteiger partial charge on any atom is 1.00 e. The first-order valence-electron chi connectivity index (χ1n) is 6.23. The molecule has 5 nitrogen and oxygen atoms in total. The number of aliphatic hydroxyl groups excluding tert-OH is 1. The van der Waals surface area contributed by atoms with Crippen LogP contribution < -0.4 is 59.1 Å². The Morgan fingerprint density at radius 3 is 1.75 bits per heavy atom. The summed E-state index contributed by atoms with van der Waals surface area (Å²) in [6, 6.07) is 0. The molecule has 0 heterocycles. The molecule has 0 aromatic heterocycles. The molecule has 20 heavy (non-hydrogen) atoms. The molecule has 1 saturated carbocycles. The van der Waals surface area contributed by atoms with Gasteiger partial charge in [0.25, 0.3) is 0 Å². The average molecular weight is 304 g/mol. The number of rotatable bonds is 4. The molecule has 0 radical (unpaired) electrons. The van der Waals surface area contributed by atoms with Crippen LogP contribution in [-0.4, -0.2) is 33.4 Å². The van der Waals surface area contributed by atoms with Crippen LogP contribution in [0.5, 0.6) is 0 Å². The molecular weight excluding hydrogens is 282 g/mol. The third kappa shape index (κ3) is 6.18. The predicted octanol–water partition coefficient (Wildman–Crippen LogP) is -4.11. The molecule has 0 bridgehead atoms. The zero-order valence-corrected chi connectivity index (χ0v) is 16.7. The minimum absolute atomic E-state index is 0. The van der Waals surface area contributed by atoms with E-state index in [0.717, 1.165) is 0 Å². The van der Waals surface area contributed by atoms with Gasteiger partial charge in [-0.05, 0) is 37.5 Å². The molecule has 0 aliphatic heterocycles. The van der Waals surface area contributed by atoms with Gasteiger partial charge in [0.15, 0.2) is 0 Å². The summed E-state index contributed by atoms with van der Waals surface area (Å²) in [5.41, 5.74) is 0.00768. The average Bonchev–Trinajstić information content (AvgIpc) is 2.25. The van der Waals surface area contributed by atoms with Gasteiger partial charge >= 0.3 is 71.1 Å². The van der Waals surface area contributed by atoms with Crippen LogP contribution in [0.2, 0.25) is 0 Å². The van der Waals surface area contributed by atoms with Crippen molar-refractivity contribution in [3.05, 3.63) is 11.1 Å². The van der Waals surface area contributed by atoms with Crippen molar-refractivity contribution in [2.75, 3.05) is 0 Å². The number of hydrogen-bond acceptors (Lipinski definition) is 3. The summed E-state index contributed by atoms with van der Waals surface area (Å²) in [5.74, 6) is -2.91. The number of aliphatic carboxylic acids is 2. The molecule has 7 heteroatoms. The third-order valence-corrected chi connectivity index (χ3v) is 3.43. The van der Waals surface area contributed by atoms with Crippen LogP contribution in [-0.2, 0) is 9.59 Å². The molecule has 0 aromatic rings. The van der Waals surface area contributed by atoms with Gasteiger partial charge in [0.1, 0.15) is 0 Å². The normalized spacial score (nSPS) is 23.2. The van der Waals surface area contributed by atoms with Gasteiger partial charge in [-0.15, -0.1) is 0 Å². The molecule has 0 aromatic carbocycles. The van der Waals surface area contributed by atoms with Gasteiger partial charge in [-0.3, -0.25) is 0 Å². The van der Waals surface area contributed by atoms with Gasteiger partial charge < -0.3 is 18.2 Å². The van der Waals surface area contributed by atoms with Crippen molar-refractivity contribution in [3.8, 4) is 0 Å². The van der Waals surface area contributed by atoms with Gasteiger partial charge in [-0.1, -0.05) is 13.8 Å².